The van der Waals surface area contributed by atoms with E-state index in [1.807, 2.05) is 0 Å². The Labute approximate surface area is 127 Å². The molecule has 0 aromatic heterocycles. The Morgan fingerprint density at radius 2 is 1.95 bits per heavy atom. The van der Waals surface area contributed by atoms with Crippen LogP contribution >= 0.6 is 0 Å². The molecule has 0 saturated heterocycles. The molecule has 0 aromatic carbocycles. The number of allylic oxidation sites excluding steroid dienone is 1. The van der Waals surface area contributed by atoms with E-state index in [4.69, 9.17) is 9.47 Å². The largest absolute Gasteiger partial charge is 0.470 e. The van der Waals surface area contributed by atoms with Crippen molar-refractivity contribution in [1.29, 1.82) is 0 Å². The summed E-state index contributed by atoms with van der Waals surface area (Å²) in [5.41, 5.74) is 1.44. The summed E-state index contributed by atoms with van der Waals surface area (Å²) in [5, 5.41) is 0. The molecule has 1 aliphatic rings. The summed E-state index contributed by atoms with van der Waals surface area (Å²) in [6, 6.07) is 0. The highest BCUT2D eigenvalue weighted by molar-refractivity contribution is 6.83. The van der Waals surface area contributed by atoms with E-state index in [1.165, 1.54) is 6.26 Å². The number of ether oxygens (including phenoxy) is 2. The monoisotopic (exact) mass is 308 g/mol. The first-order valence-electron chi connectivity index (χ1n) is 7.00. The molecule has 21 heavy (non-hydrogen) atoms. The smallest absolute Gasteiger partial charge is 0.364 e. The number of esters is 1. The lowest BCUT2D eigenvalue weighted by atomic mass is 9.92. The van der Waals surface area contributed by atoms with Gasteiger partial charge in [0.1, 0.15) is 13.7 Å². The van der Waals surface area contributed by atoms with Gasteiger partial charge in [-0.1, -0.05) is 25.6 Å². The van der Waals surface area contributed by atoms with Crippen molar-refractivity contribution in [3.63, 3.8) is 0 Å². The number of hydrogen-bond acceptors (Lipinski definition) is 4. The molecule has 0 aromatic rings. The first kappa shape index (κ1) is 17.5. The lowest BCUT2D eigenvalue weighted by Gasteiger charge is -2.32. The molecule has 0 saturated carbocycles. The van der Waals surface area contributed by atoms with Crippen LogP contribution in [-0.4, -0.2) is 31.0 Å². The lowest BCUT2D eigenvalue weighted by molar-refractivity contribution is -0.174. The quantitative estimate of drug-likeness (QED) is 0.425. The number of Topliss-reactive ketones (excluding diaryl/α,β-unsaturated/α-hetero) is 1. The summed E-state index contributed by atoms with van der Waals surface area (Å²) in [6.07, 6.45) is 1.22. The van der Waals surface area contributed by atoms with Crippen LogP contribution in [0.15, 0.2) is 11.8 Å². The maximum absolute atomic E-state index is 12.5. The molecule has 1 heterocycles. The highest BCUT2D eigenvalue weighted by Crippen LogP contribution is 2.28. The van der Waals surface area contributed by atoms with E-state index in [1.54, 1.807) is 27.7 Å². The average Bonchev–Trinajstić information content (AvgIpc) is 2.27. The summed E-state index contributed by atoms with van der Waals surface area (Å²) < 4.78 is 10.9. The first-order valence-corrected chi connectivity index (χ1v) is 10.5. The van der Waals surface area contributed by atoms with Crippen molar-refractivity contribution in [1.82, 2.24) is 0 Å². The molecule has 0 amide bonds. The number of carbonyl (C=O) groups is 2. The molecule has 1 rings (SSSR count). The van der Waals surface area contributed by atoms with Gasteiger partial charge in [-0.15, -0.1) is 5.54 Å². The minimum atomic E-state index is -1.71. The van der Waals surface area contributed by atoms with E-state index >= 15 is 0 Å². The summed E-state index contributed by atoms with van der Waals surface area (Å²) in [6.45, 7) is 13.2. The fraction of sp³-hybridized carbons (Fsp3) is 0.625. The predicted octanol–water partition coefficient (Wildman–Crippen LogP) is 2.84. The van der Waals surface area contributed by atoms with Crippen LogP contribution in [0.4, 0.5) is 0 Å². The Morgan fingerprint density at radius 3 is 2.38 bits per heavy atom. The van der Waals surface area contributed by atoms with E-state index in [2.05, 4.69) is 31.1 Å². The Kier molecular flexibility index (Phi) is 4.74. The second-order valence-electron chi connectivity index (χ2n) is 7.35. The number of ketones is 1. The van der Waals surface area contributed by atoms with Crippen molar-refractivity contribution in [3.8, 4) is 11.5 Å². The Morgan fingerprint density at radius 1 is 1.38 bits per heavy atom. The zero-order chi connectivity index (χ0) is 16.5. The van der Waals surface area contributed by atoms with E-state index in [0.717, 1.165) is 0 Å². The molecule has 1 aliphatic heterocycles. The van der Waals surface area contributed by atoms with Gasteiger partial charge in [0, 0.05) is 5.57 Å². The zero-order valence-corrected chi connectivity index (χ0v) is 14.9. The SMILES string of the molecule is CC1=CO[C@](C#C[Si](C)(C)C)(C(=O)OC(C)(C)C)CC1=O. The molecule has 0 fully saturated rings. The van der Waals surface area contributed by atoms with Crippen molar-refractivity contribution in [2.24, 2.45) is 0 Å². The topological polar surface area (TPSA) is 52.6 Å². The highest BCUT2D eigenvalue weighted by atomic mass is 28.3. The molecule has 0 bridgehead atoms. The third-order valence-electron chi connectivity index (χ3n) is 2.65. The molecular formula is C16H24O4Si. The zero-order valence-electron chi connectivity index (χ0n) is 13.9. The second kappa shape index (κ2) is 5.68. The molecule has 0 spiro atoms. The van der Waals surface area contributed by atoms with E-state index in [0.29, 0.717) is 5.57 Å². The third kappa shape index (κ3) is 5.05. The Balaban J connectivity index is 3.21. The lowest BCUT2D eigenvalue weighted by Crippen LogP contribution is -2.47. The standard InChI is InChI=1S/C16H24O4Si/c1-12-11-19-16(10-13(12)17,8-9-21(5,6)7)14(18)20-15(2,3)4/h11H,10H2,1-7H3/t16-/m0/s1. The Hall–Kier alpha value is -1.54. The number of rotatable bonds is 1. The molecule has 116 valence electrons. The normalized spacial score (nSPS) is 22.6. The van der Waals surface area contributed by atoms with Gasteiger partial charge in [-0.3, -0.25) is 4.79 Å². The van der Waals surface area contributed by atoms with E-state index in [9.17, 15) is 9.59 Å². The van der Waals surface area contributed by atoms with Gasteiger partial charge < -0.3 is 9.47 Å². The Bertz CT molecular complexity index is 537. The van der Waals surface area contributed by atoms with Gasteiger partial charge in [-0.2, -0.15) is 0 Å². The van der Waals surface area contributed by atoms with Gasteiger partial charge >= 0.3 is 5.97 Å². The van der Waals surface area contributed by atoms with Gasteiger partial charge in [-0.25, -0.2) is 4.79 Å². The summed E-state index contributed by atoms with van der Waals surface area (Å²) in [4.78, 5) is 24.5. The summed E-state index contributed by atoms with van der Waals surface area (Å²) in [5.74, 6) is 2.16. The summed E-state index contributed by atoms with van der Waals surface area (Å²) in [7, 11) is -1.71. The fourth-order valence-electron chi connectivity index (χ4n) is 1.56. The molecule has 0 radical (unpaired) electrons. The number of hydrogen-bond donors (Lipinski definition) is 0. The molecule has 5 heteroatoms. The van der Waals surface area contributed by atoms with Gasteiger partial charge in [-0.05, 0) is 27.7 Å². The van der Waals surface area contributed by atoms with Crippen LogP contribution in [0.1, 0.15) is 34.1 Å². The third-order valence-corrected chi connectivity index (χ3v) is 3.53. The van der Waals surface area contributed by atoms with Crippen LogP contribution in [0.5, 0.6) is 0 Å². The van der Waals surface area contributed by atoms with E-state index < -0.39 is 25.2 Å². The van der Waals surface area contributed by atoms with Crippen molar-refractivity contribution >= 4 is 19.8 Å². The van der Waals surface area contributed by atoms with Crippen LogP contribution in [0.2, 0.25) is 19.6 Å². The minimum Gasteiger partial charge on any atom is -0.470 e. The molecule has 0 N–H and O–H groups in total. The van der Waals surface area contributed by atoms with Crippen LogP contribution in [0.25, 0.3) is 0 Å². The van der Waals surface area contributed by atoms with E-state index in [-0.39, 0.29) is 12.2 Å². The average molecular weight is 308 g/mol. The minimum absolute atomic E-state index is 0.0955. The van der Waals surface area contributed by atoms with Crippen LogP contribution < -0.4 is 0 Å². The van der Waals surface area contributed by atoms with Crippen LogP contribution in [0, 0.1) is 11.5 Å². The molecule has 1 atom stereocenters. The summed E-state index contributed by atoms with van der Waals surface area (Å²) >= 11 is 0. The fourth-order valence-corrected chi connectivity index (χ4v) is 2.13. The van der Waals surface area contributed by atoms with Crippen molar-refractivity contribution < 1.29 is 19.1 Å². The molecular weight excluding hydrogens is 284 g/mol. The van der Waals surface area contributed by atoms with Crippen molar-refractivity contribution in [2.75, 3.05) is 0 Å². The van der Waals surface area contributed by atoms with Crippen LogP contribution in [-0.2, 0) is 19.1 Å². The maximum atomic E-state index is 12.5. The second-order valence-corrected chi connectivity index (χ2v) is 12.1. The number of carbonyl (C=O) groups excluding carboxylic acids is 2. The maximum Gasteiger partial charge on any atom is 0.364 e. The molecule has 0 aliphatic carbocycles. The highest BCUT2D eigenvalue weighted by Gasteiger charge is 2.46. The predicted molar refractivity (Wildman–Crippen MR) is 84.2 cm³/mol. The first-order chi connectivity index (χ1) is 9.35. The van der Waals surface area contributed by atoms with Gasteiger partial charge in [0.25, 0.3) is 5.60 Å². The van der Waals surface area contributed by atoms with Gasteiger partial charge in [0.2, 0.25) is 0 Å². The van der Waals surface area contributed by atoms with Crippen molar-refractivity contribution in [2.45, 2.75) is 65.0 Å². The molecule has 4 nitrogen and oxygen atoms in total. The van der Waals surface area contributed by atoms with Crippen molar-refractivity contribution in [3.05, 3.63) is 11.8 Å². The van der Waals surface area contributed by atoms with Gasteiger partial charge in [0.05, 0.1) is 12.7 Å². The van der Waals surface area contributed by atoms with Gasteiger partial charge in [0.15, 0.2) is 5.78 Å². The van der Waals surface area contributed by atoms with Crippen LogP contribution in [0.3, 0.4) is 0 Å². The molecule has 0 unspecified atom stereocenters.